The van der Waals surface area contributed by atoms with Gasteiger partial charge in [-0.1, -0.05) is 47.1 Å². The lowest BCUT2D eigenvalue weighted by atomic mass is 10.2. The van der Waals surface area contributed by atoms with Crippen molar-refractivity contribution < 1.29 is 4.74 Å². The van der Waals surface area contributed by atoms with E-state index in [0.717, 1.165) is 0 Å². The molecule has 7 heteroatoms. The number of para-hydroxylation sites is 1. The van der Waals surface area contributed by atoms with Gasteiger partial charge in [0.25, 0.3) is 5.56 Å². The molecule has 1 heterocycles. The second kappa shape index (κ2) is 7.57. The zero-order chi connectivity index (χ0) is 17.1. The van der Waals surface area contributed by atoms with Crippen LogP contribution in [0.15, 0.2) is 52.4 Å². The van der Waals surface area contributed by atoms with E-state index in [1.54, 1.807) is 35.9 Å². The molecule has 24 heavy (non-hydrogen) atoms. The molecule has 0 bridgehead atoms. The molecule has 0 spiro atoms. The Morgan fingerprint density at radius 1 is 1.17 bits per heavy atom. The van der Waals surface area contributed by atoms with Crippen molar-refractivity contribution >= 4 is 45.9 Å². The van der Waals surface area contributed by atoms with Gasteiger partial charge in [0.2, 0.25) is 0 Å². The first-order chi connectivity index (χ1) is 11.6. The van der Waals surface area contributed by atoms with Crippen LogP contribution in [0.1, 0.15) is 0 Å². The Bertz CT molecular complexity index is 944. The van der Waals surface area contributed by atoms with Crippen molar-refractivity contribution in [1.29, 1.82) is 0 Å². The number of nitrogens with zero attached hydrogens (tertiary/aromatic N) is 2. The molecule has 0 saturated carbocycles. The van der Waals surface area contributed by atoms with Gasteiger partial charge in [0.15, 0.2) is 5.16 Å². The van der Waals surface area contributed by atoms with Crippen LogP contribution in [0.2, 0.25) is 10.0 Å². The van der Waals surface area contributed by atoms with Crippen LogP contribution in [0.4, 0.5) is 0 Å². The SMILES string of the molecule is COCCSc1nc2ccccc2c(=O)n1-c1ccc(Cl)c(Cl)c1. The number of thioether (sulfide) groups is 1. The number of methoxy groups -OCH3 is 1. The number of fused-ring (bicyclic) bond motifs is 1. The molecule has 3 rings (SSSR count). The molecule has 0 N–H and O–H groups in total. The van der Waals surface area contributed by atoms with Gasteiger partial charge in [0, 0.05) is 12.9 Å². The first kappa shape index (κ1) is 17.3. The first-order valence-electron chi connectivity index (χ1n) is 7.21. The Hall–Kier alpha value is -1.53. The minimum absolute atomic E-state index is 0.140. The summed E-state index contributed by atoms with van der Waals surface area (Å²) in [5.41, 5.74) is 1.16. The second-order valence-electron chi connectivity index (χ2n) is 4.99. The molecular weight excluding hydrogens is 367 g/mol. The predicted molar refractivity (Wildman–Crippen MR) is 100.0 cm³/mol. The quantitative estimate of drug-likeness (QED) is 0.373. The van der Waals surface area contributed by atoms with Gasteiger partial charge in [-0.2, -0.15) is 0 Å². The van der Waals surface area contributed by atoms with Crippen molar-refractivity contribution in [1.82, 2.24) is 9.55 Å². The highest BCUT2D eigenvalue weighted by Gasteiger charge is 2.14. The van der Waals surface area contributed by atoms with Crippen LogP contribution in [0.3, 0.4) is 0 Å². The van der Waals surface area contributed by atoms with Crippen molar-refractivity contribution in [2.45, 2.75) is 5.16 Å². The summed E-state index contributed by atoms with van der Waals surface area (Å²) in [7, 11) is 1.64. The lowest BCUT2D eigenvalue weighted by Gasteiger charge is -2.13. The van der Waals surface area contributed by atoms with E-state index in [4.69, 9.17) is 27.9 Å². The van der Waals surface area contributed by atoms with Crippen molar-refractivity contribution in [3.8, 4) is 5.69 Å². The zero-order valence-electron chi connectivity index (χ0n) is 12.8. The van der Waals surface area contributed by atoms with Gasteiger partial charge in [-0.15, -0.1) is 0 Å². The lowest BCUT2D eigenvalue weighted by molar-refractivity contribution is 0.218. The summed E-state index contributed by atoms with van der Waals surface area (Å²) in [5.74, 6) is 0.683. The van der Waals surface area contributed by atoms with Gasteiger partial charge in [-0.25, -0.2) is 4.98 Å². The van der Waals surface area contributed by atoms with Crippen LogP contribution >= 0.6 is 35.0 Å². The zero-order valence-corrected chi connectivity index (χ0v) is 15.2. The number of aromatic nitrogens is 2. The molecule has 3 aromatic rings. The summed E-state index contributed by atoms with van der Waals surface area (Å²) < 4.78 is 6.65. The van der Waals surface area contributed by atoms with Crippen molar-refractivity contribution in [3.05, 3.63) is 62.9 Å². The van der Waals surface area contributed by atoms with Crippen LogP contribution in [0.25, 0.3) is 16.6 Å². The molecule has 0 radical (unpaired) electrons. The fraction of sp³-hybridized carbons (Fsp3) is 0.176. The summed E-state index contributed by atoms with van der Waals surface area (Å²) in [6.07, 6.45) is 0. The maximum absolute atomic E-state index is 13.0. The van der Waals surface area contributed by atoms with Crippen molar-refractivity contribution in [2.75, 3.05) is 19.5 Å². The Kier molecular flexibility index (Phi) is 5.46. The summed E-state index contributed by atoms with van der Waals surface area (Å²) in [5, 5.41) is 1.98. The Morgan fingerprint density at radius 2 is 1.96 bits per heavy atom. The fourth-order valence-corrected chi connectivity index (χ4v) is 3.48. The predicted octanol–water partition coefficient (Wildman–Crippen LogP) is 4.43. The highest BCUT2D eigenvalue weighted by molar-refractivity contribution is 7.99. The van der Waals surface area contributed by atoms with Gasteiger partial charge in [0.05, 0.1) is 33.2 Å². The molecule has 0 atom stereocenters. The van der Waals surface area contributed by atoms with E-state index in [1.165, 1.54) is 11.8 Å². The molecule has 0 fully saturated rings. The number of hydrogen-bond acceptors (Lipinski definition) is 4. The molecule has 0 aliphatic carbocycles. The van der Waals surface area contributed by atoms with E-state index in [1.807, 2.05) is 18.2 Å². The molecule has 1 aromatic heterocycles. The summed E-state index contributed by atoms with van der Waals surface area (Å²) in [6.45, 7) is 0.564. The summed E-state index contributed by atoms with van der Waals surface area (Å²) in [6, 6.07) is 12.4. The molecule has 4 nitrogen and oxygen atoms in total. The third-order valence-electron chi connectivity index (χ3n) is 3.42. The monoisotopic (exact) mass is 380 g/mol. The molecule has 0 aliphatic heterocycles. The van der Waals surface area contributed by atoms with E-state index in [0.29, 0.717) is 44.2 Å². The van der Waals surface area contributed by atoms with E-state index in [-0.39, 0.29) is 5.56 Å². The van der Waals surface area contributed by atoms with Gasteiger partial charge in [0.1, 0.15) is 0 Å². The number of ether oxygens (including phenoxy) is 1. The third kappa shape index (κ3) is 3.44. The van der Waals surface area contributed by atoms with Crippen LogP contribution in [0.5, 0.6) is 0 Å². The minimum Gasteiger partial charge on any atom is -0.384 e. The smallest absolute Gasteiger partial charge is 0.266 e. The maximum Gasteiger partial charge on any atom is 0.266 e. The van der Waals surface area contributed by atoms with Crippen LogP contribution in [-0.2, 0) is 4.74 Å². The molecule has 124 valence electrons. The standard InChI is InChI=1S/C17H14Cl2N2O2S/c1-23-8-9-24-17-20-15-5-3-2-4-12(15)16(22)21(17)11-6-7-13(18)14(19)10-11/h2-7,10H,8-9H2,1H3. The van der Waals surface area contributed by atoms with Gasteiger partial charge in [-0.3, -0.25) is 9.36 Å². The van der Waals surface area contributed by atoms with E-state index in [9.17, 15) is 4.79 Å². The molecule has 0 unspecified atom stereocenters. The van der Waals surface area contributed by atoms with E-state index < -0.39 is 0 Å². The maximum atomic E-state index is 13.0. The number of benzene rings is 2. The molecular formula is C17H14Cl2N2O2S. The van der Waals surface area contributed by atoms with Gasteiger partial charge >= 0.3 is 0 Å². The highest BCUT2D eigenvalue weighted by atomic mass is 35.5. The Labute approximate surface area is 153 Å². The summed E-state index contributed by atoms with van der Waals surface area (Å²) in [4.78, 5) is 17.6. The normalized spacial score (nSPS) is 11.1. The minimum atomic E-state index is -0.140. The summed E-state index contributed by atoms with van der Waals surface area (Å²) >= 11 is 13.6. The molecule has 0 saturated heterocycles. The topological polar surface area (TPSA) is 44.1 Å². The van der Waals surface area contributed by atoms with Crippen molar-refractivity contribution in [3.63, 3.8) is 0 Å². The fourth-order valence-electron chi connectivity index (χ4n) is 2.28. The van der Waals surface area contributed by atoms with Crippen molar-refractivity contribution in [2.24, 2.45) is 0 Å². The molecule has 0 aliphatic rings. The number of rotatable bonds is 5. The highest BCUT2D eigenvalue weighted by Crippen LogP contribution is 2.27. The Morgan fingerprint density at radius 3 is 2.71 bits per heavy atom. The average molecular weight is 381 g/mol. The lowest BCUT2D eigenvalue weighted by Crippen LogP contribution is -2.22. The number of halogens is 2. The van der Waals surface area contributed by atoms with Crippen LogP contribution in [-0.4, -0.2) is 29.0 Å². The third-order valence-corrected chi connectivity index (χ3v) is 5.07. The number of hydrogen-bond donors (Lipinski definition) is 0. The first-order valence-corrected chi connectivity index (χ1v) is 8.95. The molecule has 2 aromatic carbocycles. The van der Waals surface area contributed by atoms with E-state index in [2.05, 4.69) is 4.98 Å². The largest absolute Gasteiger partial charge is 0.384 e. The van der Waals surface area contributed by atoms with Crippen LogP contribution < -0.4 is 5.56 Å². The Balaban J connectivity index is 2.22. The average Bonchev–Trinajstić information content (AvgIpc) is 2.58. The van der Waals surface area contributed by atoms with E-state index >= 15 is 0 Å². The van der Waals surface area contributed by atoms with Gasteiger partial charge < -0.3 is 4.74 Å². The van der Waals surface area contributed by atoms with Gasteiger partial charge in [-0.05, 0) is 30.3 Å². The van der Waals surface area contributed by atoms with Crippen LogP contribution in [0, 0.1) is 0 Å². The second-order valence-corrected chi connectivity index (χ2v) is 6.87. The molecule has 0 amide bonds.